The van der Waals surface area contributed by atoms with Gasteiger partial charge in [0.15, 0.2) is 6.10 Å². The van der Waals surface area contributed by atoms with Crippen LogP contribution in [0.2, 0.25) is 10.0 Å². The average molecular weight is 350 g/mol. The Balaban J connectivity index is 1.67. The second kappa shape index (κ2) is 6.81. The summed E-state index contributed by atoms with van der Waals surface area (Å²) in [6, 6.07) is 13.2. The summed E-state index contributed by atoms with van der Waals surface area (Å²) in [5, 5.41) is 0.876. The SMILES string of the molecule is CC(Oc1ccc(Cl)c(Cl)c1)C(=O)N1CCc2ccccc2C1. The minimum Gasteiger partial charge on any atom is -0.481 e. The second-order valence-electron chi connectivity index (χ2n) is 5.61. The van der Waals surface area contributed by atoms with Crippen LogP contribution in [-0.4, -0.2) is 23.5 Å². The molecule has 0 N–H and O–H groups in total. The van der Waals surface area contributed by atoms with Crippen molar-refractivity contribution in [2.45, 2.75) is 26.0 Å². The van der Waals surface area contributed by atoms with Crippen molar-refractivity contribution in [1.29, 1.82) is 0 Å². The zero-order chi connectivity index (χ0) is 16.4. The van der Waals surface area contributed by atoms with E-state index in [4.69, 9.17) is 27.9 Å². The standard InChI is InChI=1S/C18H17Cl2NO2/c1-12(23-15-6-7-16(19)17(20)10-15)18(22)21-9-8-13-4-2-3-5-14(13)11-21/h2-7,10,12H,8-9,11H2,1H3. The molecule has 1 heterocycles. The van der Waals surface area contributed by atoms with E-state index in [0.29, 0.717) is 28.9 Å². The van der Waals surface area contributed by atoms with E-state index in [-0.39, 0.29) is 5.91 Å². The van der Waals surface area contributed by atoms with E-state index in [1.165, 1.54) is 11.1 Å². The fourth-order valence-corrected chi connectivity index (χ4v) is 3.03. The molecule has 3 rings (SSSR count). The van der Waals surface area contributed by atoms with Gasteiger partial charge in [-0.1, -0.05) is 47.5 Å². The van der Waals surface area contributed by atoms with Crippen LogP contribution in [0.5, 0.6) is 5.75 Å². The summed E-state index contributed by atoms with van der Waals surface area (Å²) >= 11 is 11.9. The van der Waals surface area contributed by atoms with E-state index in [1.807, 2.05) is 17.0 Å². The molecule has 0 aliphatic carbocycles. The molecule has 0 spiro atoms. The minimum absolute atomic E-state index is 0.0226. The molecule has 0 saturated heterocycles. The Kier molecular flexibility index (Phi) is 4.79. The summed E-state index contributed by atoms with van der Waals surface area (Å²) in [5.74, 6) is 0.517. The summed E-state index contributed by atoms with van der Waals surface area (Å²) in [4.78, 5) is 14.4. The molecule has 23 heavy (non-hydrogen) atoms. The number of rotatable bonds is 3. The van der Waals surface area contributed by atoms with Crippen molar-refractivity contribution in [3.05, 3.63) is 63.6 Å². The molecule has 1 amide bonds. The first kappa shape index (κ1) is 16.2. The average Bonchev–Trinajstić information content (AvgIpc) is 2.57. The first-order chi connectivity index (χ1) is 11.0. The fourth-order valence-electron chi connectivity index (χ4n) is 2.75. The van der Waals surface area contributed by atoms with Crippen molar-refractivity contribution in [3.8, 4) is 5.75 Å². The highest BCUT2D eigenvalue weighted by atomic mass is 35.5. The third kappa shape index (κ3) is 3.62. The van der Waals surface area contributed by atoms with Crippen LogP contribution >= 0.6 is 23.2 Å². The van der Waals surface area contributed by atoms with Crippen LogP contribution in [-0.2, 0) is 17.8 Å². The van der Waals surface area contributed by atoms with Gasteiger partial charge < -0.3 is 9.64 Å². The highest BCUT2D eigenvalue weighted by Crippen LogP contribution is 2.27. The van der Waals surface area contributed by atoms with Crippen molar-refractivity contribution in [1.82, 2.24) is 4.90 Å². The molecular formula is C18H17Cl2NO2. The van der Waals surface area contributed by atoms with E-state index in [1.54, 1.807) is 25.1 Å². The number of halogens is 2. The summed E-state index contributed by atoms with van der Waals surface area (Å²) in [5.41, 5.74) is 2.52. The summed E-state index contributed by atoms with van der Waals surface area (Å²) in [6.07, 6.45) is 0.305. The lowest BCUT2D eigenvalue weighted by atomic mass is 9.99. The third-order valence-corrected chi connectivity index (χ3v) is 4.73. The Morgan fingerprint density at radius 1 is 1.13 bits per heavy atom. The van der Waals surface area contributed by atoms with E-state index in [2.05, 4.69) is 12.1 Å². The molecule has 1 aliphatic rings. The van der Waals surface area contributed by atoms with E-state index >= 15 is 0 Å². The van der Waals surface area contributed by atoms with Crippen molar-refractivity contribution < 1.29 is 9.53 Å². The normalized spacial score (nSPS) is 15.0. The minimum atomic E-state index is -0.572. The molecule has 1 aliphatic heterocycles. The van der Waals surface area contributed by atoms with Gasteiger partial charge in [-0.05, 0) is 36.6 Å². The van der Waals surface area contributed by atoms with Crippen LogP contribution in [0.3, 0.4) is 0 Å². The smallest absolute Gasteiger partial charge is 0.263 e. The van der Waals surface area contributed by atoms with Gasteiger partial charge in [-0.15, -0.1) is 0 Å². The van der Waals surface area contributed by atoms with Crippen LogP contribution in [0.4, 0.5) is 0 Å². The number of carbonyl (C=O) groups is 1. The third-order valence-electron chi connectivity index (χ3n) is 3.99. The predicted molar refractivity (Wildman–Crippen MR) is 92.1 cm³/mol. The molecule has 1 atom stereocenters. The molecule has 0 radical (unpaired) electrons. The number of ether oxygens (including phenoxy) is 1. The number of hydrogen-bond acceptors (Lipinski definition) is 2. The molecule has 120 valence electrons. The molecule has 0 aromatic heterocycles. The number of hydrogen-bond donors (Lipinski definition) is 0. The number of benzene rings is 2. The van der Waals surface area contributed by atoms with E-state index < -0.39 is 6.10 Å². The summed E-state index contributed by atoms with van der Waals surface area (Å²) in [6.45, 7) is 3.10. The molecule has 0 bridgehead atoms. The maximum Gasteiger partial charge on any atom is 0.263 e. The zero-order valence-electron chi connectivity index (χ0n) is 12.8. The van der Waals surface area contributed by atoms with E-state index in [9.17, 15) is 4.79 Å². The predicted octanol–water partition coefficient (Wildman–Crippen LogP) is 4.35. The molecule has 1 unspecified atom stereocenters. The number of carbonyl (C=O) groups excluding carboxylic acids is 1. The number of fused-ring (bicyclic) bond motifs is 1. The van der Waals surface area contributed by atoms with Gasteiger partial charge in [0.25, 0.3) is 5.91 Å². The van der Waals surface area contributed by atoms with Crippen LogP contribution in [0, 0.1) is 0 Å². The molecular weight excluding hydrogens is 333 g/mol. The van der Waals surface area contributed by atoms with Crippen LogP contribution < -0.4 is 4.74 Å². The van der Waals surface area contributed by atoms with Gasteiger partial charge >= 0.3 is 0 Å². The lowest BCUT2D eigenvalue weighted by Crippen LogP contribution is -2.43. The van der Waals surface area contributed by atoms with Crippen molar-refractivity contribution in [2.24, 2.45) is 0 Å². The number of amides is 1. The van der Waals surface area contributed by atoms with Crippen LogP contribution in [0.1, 0.15) is 18.1 Å². The largest absolute Gasteiger partial charge is 0.481 e. The Bertz CT molecular complexity index is 733. The quantitative estimate of drug-likeness (QED) is 0.824. The molecule has 3 nitrogen and oxygen atoms in total. The summed E-state index contributed by atoms with van der Waals surface area (Å²) < 4.78 is 5.72. The number of nitrogens with zero attached hydrogens (tertiary/aromatic N) is 1. The van der Waals surface area contributed by atoms with Gasteiger partial charge in [-0.3, -0.25) is 4.79 Å². The van der Waals surface area contributed by atoms with Gasteiger partial charge in [-0.25, -0.2) is 0 Å². The van der Waals surface area contributed by atoms with Gasteiger partial charge in [0, 0.05) is 19.2 Å². The van der Waals surface area contributed by atoms with Crippen LogP contribution in [0.15, 0.2) is 42.5 Å². The monoisotopic (exact) mass is 349 g/mol. The first-order valence-corrected chi connectivity index (χ1v) is 8.27. The molecule has 5 heteroatoms. The molecule has 0 fully saturated rings. The van der Waals surface area contributed by atoms with E-state index in [0.717, 1.165) is 6.42 Å². The highest BCUT2D eigenvalue weighted by molar-refractivity contribution is 6.42. The van der Waals surface area contributed by atoms with Gasteiger partial charge in [0.05, 0.1) is 10.0 Å². The lowest BCUT2D eigenvalue weighted by Gasteiger charge is -2.31. The zero-order valence-corrected chi connectivity index (χ0v) is 14.3. The van der Waals surface area contributed by atoms with Crippen LogP contribution in [0.25, 0.3) is 0 Å². The Morgan fingerprint density at radius 2 is 1.87 bits per heavy atom. The Morgan fingerprint density at radius 3 is 2.61 bits per heavy atom. The first-order valence-electron chi connectivity index (χ1n) is 7.52. The van der Waals surface area contributed by atoms with Crippen molar-refractivity contribution in [3.63, 3.8) is 0 Å². The maximum absolute atomic E-state index is 12.6. The van der Waals surface area contributed by atoms with Crippen molar-refractivity contribution >= 4 is 29.1 Å². The summed E-state index contributed by atoms with van der Waals surface area (Å²) in [7, 11) is 0. The van der Waals surface area contributed by atoms with Gasteiger partial charge in [0.1, 0.15) is 5.75 Å². The lowest BCUT2D eigenvalue weighted by molar-refractivity contribution is -0.138. The topological polar surface area (TPSA) is 29.5 Å². The van der Waals surface area contributed by atoms with Crippen molar-refractivity contribution in [2.75, 3.05) is 6.54 Å². The maximum atomic E-state index is 12.6. The molecule has 2 aromatic carbocycles. The van der Waals surface area contributed by atoms with Gasteiger partial charge in [-0.2, -0.15) is 0 Å². The second-order valence-corrected chi connectivity index (χ2v) is 6.43. The van der Waals surface area contributed by atoms with Gasteiger partial charge in [0.2, 0.25) is 0 Å². The molecule has 2 aromatic rings. The fraction of sp³-hybridized carbons (Fsp3) is 0.278. The Labute approximate surface area is 145 Å². The molecule has 0 saturated carbocycles. The highest BCUT2D eigenvalue weighted by Gasteiger charge is 2.25. The Hall–Kier alpha value is -1.71.